The quantitative estimate of drug-likeness (QED) is 0.371. The van der Waals surface area contributed by atoms with Crippen LogP contribution in [0.1, 0.15) is 72.6 Å². The lowest BCUT2D eigenvalue weighted by molar-refractivity contribution is -0.151. The molecule has 3 amide bonds. The van der Waals surface area contributed by atoms with Crippen LogP contribution in [0.5, 0.6) is 0 Å². The molecule has 3 aliphatic heterocycles. The number of nitrogens with zero attached hydrogens (tertiary/aromatic N) is 1. The first-order valence-corrected chi connectivity index (χ1v) is 14.1. The van der Waals surface area contributed by atoms with Crippen LogP contribution in [-0.2, 0) is 19.1 Å². The number of ether oxygens (including phenoxy) is 1. The van der Waals surface area contributed by atoms with E-state index in [2.05, 4.69) is 17.6 Å². The molecule has 3 saturated heterocycles. The first-order valence-electron chi connectivity index (χ1n) is 14.1. The smallest absolute Gasteiger partial charge is 0.245 e. The van der Waals surface area contributed by atoms with E-state index in [-0.39, 0.29) is 30.2 Å². The molecule has 1 spiro atoms. The maximum Gasteiger partial charge on any atom is 0.245 e. The Morgan fingerprint density at radius 3 is 2.49 bits per heavy atom. The van der Waals surface area contributed by atoms with Crippen molar-refractivity contribution < 1.29 is 24.2 Å². The van der Waals surface area contributed by atoms with Crippen LogP contribution in [0.2, 0.25) is 0 Å². The molecule has 0 aromatic heterocycles. The van der Waals surface area contributed by atoms with Gasteiger partial charge < -0.3 is 25.4 Å². The van der Waals surface area contributed by atoms with Crippen molar-refractivity contribution in [2.45, 2.75) is 95.9 Å². The summed E-state index contributed by atoms with van der Waals surface area (Å²) in [6, 6.07) is 7.82. The molecule has 0 radical (unpaired) electrons. The molecule has 3 aliphatic rings. The first-order chi connectivity index (χ1) is 17.8. The van der Waals surface area contributed by atoms with E-state index in [1.165, 1.54) is 0 Å². The Bertz CT molecular complexity index is 987. The minimum Gasteiger partial charge on any atom is -0.394 e. The molecule has 8 nitrogen and oxygen atoms in total. The predicted molar refractivity (Wildman–Crippen MR) is 142 cm³/mol. The second-order valence-electron chi connectivity index (χ2n) is 11.1. The molecular weight excluding hydrogens is 470 g/mol. The molecular formula is C29H43N3O5. The Hall–Kier alpha value is -2.45. The van der Waals surface area contributed by atoms with E-state index >= 15 is 0 Å². The van der Waals surface area contributed by atoms with Crippen molar-refractivity contribution in [3.8, 4) is 0 Å². The van der Waals surface area contributed by atoms with Gasteiger partial charge in [0.2, 0.25) is 17.7 Å². The Balaban J connectivity index is 1.73. The summed E-state index contributed by atoms with van der Waals surface area (Å²) < 4.78 is 6.80. The zero-order valence-corrected chi connectivity index (χ0v) is 22.7. The summed E-state index contributed by atoms with van der Waals surface area (Å²) in [4.78, 5) is 43.5. The van der Waals surface area contributed by atoms with Crippen LogP contribution in [0, 0.1) is 17.8 Å². The molecule has 37 heavy (non-hydrogen) atoms. The Morgan fingerprint density at radius 1 is 1.14 bits per heavy atom. The molecule has 3 heterocycles. The van der Waals surface area contributed by atoms with Crippen molar-refractivity contribution in [2.75, 3.05) is 18.5 Å². The number of benzene rings is 1. The highest BCUT2D eigenvalue weighted by molar-refractivity contribution is 6.02. The van der Waals surface area contributed by atoms with Crippen molar-refractivity contribution in [2.24, 2.45) is 17.8 Å². The standard InChI is InChI=1S/C29H43N3O5/c1-5-8-12-17-30-26(35)24-29-16-15-28(7-3,37-29)22(25(34)31-20-13-10-9-11-14-20)23(29)27(36)32(24)21(18-33)19(4)6-2/h9-11,13-14,19,21-24,33H,5-8,12,15-18H2,1-4H3,(H,30,35)(H,31,34)/t19-,21-,22-,23-,24?,28+,29?/m0/s1. The Labute approximate surface area is 220 Å². The van der Waals surface area contributed by atoms with Gasteiger partial charge in [-0.15, -0.1) is 0 Å². The number of para-hydroxylation sites is 1. The number of rotatable bonds is 12. The monoisotopic (exact) mass is 513 g/mol. The van der Waals surface area contributed by atoms with Crippen LogP contribution in [-0.4, -0.2) is 64.2 Å². The lowest BCUT2D eigenvalue weighted by Gasteiger charge is -2.39. The molecule has 2 bridgehead atoms. The van der Waals surface area contributed by atoms with Crippen LogP contribution in [0.15, 0.2) is 30.3 Å². The van der Waals surface area contributed by atoms with Gasteiger partial charge in [0.15, 0.2) is 0 Å². The van der Waals surface area contributed by atoms with E-state index in [4.69, 9.17) is 4.74 Å². The van der Waals surface area contributed by atoms with Crippen LogP contribution < -0.4 is 10.6 Å². The summed E-state index contributed by atoms with van der Waals surface area (Å²) in [5.41, 5.74) is -1.21. The number of hydrogen-bond acceptors (Lipinski definition) is 5. The Kier molecular flexibility index (Phi) is 8.29. The number of carbonyl (C=O) groups is 3. The fourth-order valence-electron chi connectivity index (χ4n) is 6.95. The highest BCUT2D eigenvalue weighted by atomic mass is 16.5. The minimum absolute atomic E-state index is 0.0199. The van der Waals surface area contributed by atoms with E-state index in [9.17, 15) is 19.5 Å². The topological polar surface area (TPSA) is 108 Å². The first kappa shape index (κ1) is 27.6. The van der Waals surface area contributed by atoms with Gasteiger partial charge in [-0.2, -0.15) is 0 Å². The van der Waals surface area contributed by atoms with Crippen molar-refractivity contribution in [3.05, 3.63) is 30.3 Å². The number of amides is 3. The van der Waals surface area contributed by atoms with Crippen LogP contribution in [0.25, 0.3) is 0 Å². The third-order valence-electron chi connectivity index (χ3n) is 9.12. The molecule has 8 heteroatoms. The van der Waals surface area contributed by atoms with Gasteiger partial charge in [0.1, 0.15) is 11.6 Å². The fraction of sp³-hybridized carbons (Fsp3) is 0.690. The number of aliphatic hydroxyl groups excluding tert-OH is 1. The number of likely N-dealkylation sites (tertiary alicyclic amines) is 1. The second-order valence-corrected chi connectivity index (χ2v) is 11.1. The number of fused-ring (bicyclic) bond motifs is 1. The van der Waals surface area contributed by atoms with E-state index in [0.717, 1.165) is 25.7 Å². The van der Waals surface area contributed by atoms with Crippen molar-refractivity contribution >= 4 is 23.4 Å². The molecule has 2 unspecified atom stereocenters. The Morgan fingerprint density at radius 2 is 1.86 bits per heavy atom. The van der Waals surface area contributed by atoms with Crippen molar-refractivity contribution in [1.29, 1.82) is 0 Å². The SMILES string of the molecule is CCCCCNC(=O)C1N([C@@H](CO)[C@@H](C)CC)C(=O)[C@@H]2[C@@H](C(=O)Nc3ccccc3)[C@@]3(CC)CCC12O3. The van der Waals surface area contributed by atoms with E-state index in [0.29, 0.717) is 31.5 Å². The second kappa shape index (κ2) is 11.1. The van der Waals surface area contributed by atoms with Crippen molar-refractivity contribution in [1.82, 2.24) is 10.2 Å². The minimum atomic E-state index is -1.08. The maximum atomic E-state index is 14.3. The highest BCUT2D eigenvalue weighted by Gasteiger charge is 2.79. The normalized spacial score (nSPS) is 31.8. The zero-order chi connectivity index (χ0) is 26.8. The van der Waals surface area contributed by atoms with Crippen LogP contribution >= 0.6 is 0 Å². The van der Waals surface area contributed by atoms with Crippen molar-refractivity contribution in [3.63, 3.8) is 0 Å². The zero-order valence-electron chi connectivity index (χ0n) is 22.7. The molecule has 0 aliphatic carbocycles. The molecule has 4 rings (SSSR count). The summed E-state index contributed by atoms with van der Waals surface area (Å²) >= 11 is 0. The summed E-state index contributed by atoms with van der Waals surface area (Å²) in [5, 5.41) is 16.5. The number of unbranched alkanes of at least 4 members (excludes halogenated alkanes) is 2. The number of hydrogen-bond donors (Lipinski definition) is 3. The highest BCUT2D eigenvalue weighted by Crippen LogP contribution is 2.64. The molecule has 3 fully saturated rings. The number of anilines is 1. The van der Waals surface area contributed by atoms with Gasteiger partial charge in [0, 0.05) is 12.2 Å². The molecule has 204 valence electrons. The lowest BCUT2D eigenvalue weighted by atomic mass is 9.65. The van der Waals surface area contributed by atoms with Gasteiger partial charge in [-0.1, -0.05) is 65.2 Å². The summed E-state index contributed by atoms with van der Waals surface area (Å²) in [5.74, 6) is -2.25. The van der Waals surface area contributed by atoms with Gasteiger partial charge in [-0.05, 0) is 43.7 Å². The summed E-state index contributed by atoms with van der Waals surface area (Å²) in [6.45, 7) is 8.37. The lowest BCUT2D eigenvalue weighted by Crippen LogP contribution is -2.59. The number of nitrogens with one attached hydrogen (secondary N) is 2. The molecule has 3 N–H and O–H groups in total. The van der Waals surface area contributed by atoms with Crippen LogP contribution in [0.4, 0.5) is 5.69 Å². The summed E-state index contributed by atoms with van der Waals surface area (Å²) in [6.07, 6.45) is 5.37. The van der Waals surface area contributed by atoms with Gasteiger partial charge in [0.05, 0.1) is 30.1 Å². The molecule has 0 saturated carbocycles. The van der Waals surface area contributed by atoms with E-state index in [1.54, 1.807) is 4.90 Å². The average Bonchev–Trinajstić information content (AvgIpc) is 3.51. The van der Waals surface area contributed by atoms with Gasteiger partial charge in [-0.25, -0.2) is 0 Å². The number of carbonyl (C=O) groups excluding carboxylic acids is 3. The third kappa shape index (κ3) is 4.56. The largest absolute Gasteiger partial charge is 0.394 e. The number of aliphatic hydroxyl groups is 1. The molecule has 7 atom stereocenters. The fourth-order valence-corrected chi connectivity index (χ4v) is 6.95. The third-order valence-corrected chi connectivity index (χ3v) is 9.12. The van der Waals surface area contributed by atoms with Crippen LogP contribution in [0.3, 0.4) is 0 Å². The van der Waals surface area contributed by atoms with E-state index < -0.39 is 35.1 Å². The van der Waals surface area contributed by atoms with Gasteiger partial charge in [-0.3, -0.25) is 14.4 Å². The predicted octanol–water partition coefficient (Wildman–Crippen LogP) is 3.49. The van der Waals surface area contributed by atoms with Gasteiger partial charge in [0.25, 0.3) is 0 Å². The van der Waals surface area contributed by atoms with E-state index in [1.807, 2.05) is 51.1 Å². The molecule has 1 aromatic carbocycles. The maximum absolute atomic E-state index is 14.3. The molecule has 1 aromatic rings. The van der Waals surface area contributed by atoms with Gasteiger partial charge >= 0.3 is 0 Å². The summed E-state index contributed by atoms with van der Waals surface area (Å²) in [7, 11) is 0. The average molecular weight is 514 g/mol.